The number of piperidine rings is 2. The molecule has 0 aromatic heterocycles. The number of hydroxylamine groups is 2. The molecule has 0 radical (unpaired) electrons. The van der Waals surface area contributed by atoms with Gasteiger partial charge in [0.15, 0.2) is 0 Å². The third-order valence-corrected chi connectivity index (χ3v) is 3.49. The molecular formula is C8H15NO. The van der Waals surface area contributed by atoms with E-state index in [0.717, 1.165) is 12.5 Å². The fourth-order valence-electron chi connectivity index (χ4n) is 2.43. The van der Waals surface area contributed by atoms with Crippen molar-refractivity contribution in [2.45, 2.75) is 32.7 Å². The van der Waals surface area contributed by atoms with Gasteiger partial charge >= 0.3 is 0 Å². The molecule has 0 spiro atoms. The highest BCUT2D eigenvalue weighted by Crippen LogP contribution is 2.53. The van der Waals surface area contributed by atoms with E-state index in [0.29, 0.717) is 11.5 Å². The first-order valence-electron chi connectivity index (χ1n) is 4.08. The van der Waals surface area contributed by atoms with Crippen LogP contribution in [0.15, 0.2) is 0 Å². The van der Waals surface area contributed by atoms with Crippen molar-refractivity contribution < 1.29 is 5.21 Å². The van der Waals surface area contributed by atoms with E-state index >= 15 is 0 Å². The molecule has 3 fully saturated rings. The van der Waals surface area contributed by atoms with Crippen LogP contribution >= 0.6 is 0 Å². The average molecular weight is 141 g/mol. The molecule has 1 aliphatic carbocycles. The summed E-state index contributed by atoms with van der Waals surface area (Å²) in [6.45, 7) is 5.40. The van der Waals surface area contributed by atoms with E-state index in [1.165, 1.54) is 17.9 Å². The van der Waals surface area contributed by atoms with E-state index in [1.807, 2.05) is 0 Å². The summed E-state index contributed by atoms with van der Waals surface area (Å²) in [5.41, 5.74) is 0.382. The predicted octanol–water partition coefficient (Wildman–Crippen LogP) is 1.50. The van der Waals surface area contributed by atoms with E-state index in [1.54, 1.807) is 0 Å². The zero-order valence-corrected chi connectivity index (χ0v) is 6.67. The summed E-state index contributed by atoms with van der Waals surface area (Å²) < 4.78 is 0. The molecule has 2 aliphatic heterocycles. The molecule has 3 aliphatic rings. The topological polar surface area (TPSA) is 23.5 Å². The summed E-state index contributed by atoms with van der Waals surface area (Å²) >= 11 is 0. The second kappa shape index (κ2) is 1.74. The second-order valence-corrected chi connectivity index (χ2v) is 4.22. The van der Waals surface area contributed by atoms with E-state index in [2.05, 4.69) is 13.8 Å². The first-order valence-corrected chi connectivity index (χ1v) is 4.08. The van der Waals surface area contributed by atoms with Crippen LogP contribution in [0.4, 0.5) is 0 Å². The van der Waals surface area contributed by atoms with Crippen molar-refractivity contribution in [3.05, 3.63) is 0 Å². The van der Waals surface area contributed by atoms with Gasteiger partial charge in [-0.05, 0) is 24.2 Å². The van der Waals surface area contributed by atoms with Gasteiger partial charge < -0.3 is 5.21 Å². The monoisotopic (exact) mass is 141 g/mol. The maximum Gasteiger partial charge on any atom is 0.0406 e. The zero-order valence-electron chi connectivity index (χ0n) is 6.67. The summed E-state index contributed by atoms with van der Waals surface area (Å²) in [6, 6.07) is 0.450. The van der Waals surface area contributed by atoms with Crippen molar-refractivity contribution in [3.8, 4) is 0 Å². The van der Waals surface area contributed by atoms with Gasteiger partial charge in [-0.2, -0.15) is 5.06 Å². The Hall–Kier alpha value is -0.0800. The lowest BCUT2D eigenvalue weighted by molar-refractivity contribution is -0.246. The maximum absolute atomic E-state index is 9.38. The molecule has 2 heteroatoms. The minimum absolute atomic E-state index is 0.382. The van der Waals surface area contributed by atoms with Crippen LogP contribution in [0.2, 0.25) is 0 Å². The maximum atomic E-state index is 9.38. The van der Waals surface area contributed by atoms with Crippen molar-refractivity contribution >= 4 is 0 Å². The smallest absolute Gasteiger partial charge is 0.0406 e. The van der Waals surface area contributed by atoms with Gasteiger partial charge in [0.05, 0.1) is 0 Å². The Kier molecular flexibility index (Phi) is 1.15. The molecule has 0 aromatic rings. The third-order valence-electron chi connectivity index (χ3n) is 3.49. The van der Waals surface area contributed by atoms with E-state index in [9.17, 15) is 5.21 Å². The fraction of sp³-hybridized carbons (Fsp3) is 1.00. The summed E-state index contributed by atoms with van der Waals surface area (Å²) in [7, 11) is 0. The first-order chi connectivity index (χ1) is 4.62. The molecule has 2 heterocycles. The molecule has 2 unspecified atom stereocenters. The number of rotatable bonds is 0. The normalized spacial score (nSPS) is 44.7. The Morgan fingerprint density at radius 1 is 1.50 bits per heavy atom. The Balaban J connectivity index is 2.16. The molecule has 2 saturated heterocycles. The number of hydrogen-bond donors (Lipinski definition) is 1. The molecule has 0 aromatic carbocycles. The first kappa shape index (κ1) is 6.62. The van der Waals surface area contributed by atoms with Crippen LogP contribution in [0.25, 0.3) is 0 Å². The summed E-state index contributed by atoms with van der Waals surface area (Å²) in [6.07, 6.45) is 2.39. The van der Waals surface area contributed by atoms with Crippen LogP contribution in [0.1, 0.15) is 26.7 Å². The molecule has 2 bridgehead atoms. The van der Waals surface area contributed by atoms with Crippen LogP contribution in [-0.4, -0.2) is 22.9 Å². The predicted molar refractivity (Wildman–Crippen MR) is 38.8 cm³/mol. The van der Waals surface area contributed by atoms with Crippen LogP contribution in [0.3, 0.4) is 0 Å². The van der Waals surface area contributed by atoms with Crippen molar-refractivity contribution in [1.29, 1.82) is 0 Å². The number of hydrogen-bond acceptors (Lipinski definition) is 2. The Morgan fingerprint density at radius 3 is 2.50 bits per heavy atom. The van der Waals surface area contributed by atoms with Crippen LogP contribution in [-0.2, 0) is 0 Å². The lowest BCUT2D eigenvalue weighted by atomic mass is 9.55. The minimum atomic E-state index is 0.382. The van der Waals surface area contributed by atoms with Gasteiger partial charge in [0, 0.05) is 12.6 Å². The minimum Gasteiger partial charge on any atom is -0.314 e. The summed E-state index contributed by atoms with van der Waals surface area (Å²) in [5, 5.41) is 10.9. The molecule has 3 rings (SSSR count). The molecule has 1 N–H and O–H groups in total. The quantitative estimate of drug-likeness (QED) is 0.552. The van der Waals surface area contributed by atoms with E-state index in [4.69, 9.17) is 0 Å². The van der Waals surface area contributed by atoms with Crippen LogP contribution < -0.4 is 0 Å². The Morgan fingerprint density at radius 2 is 2.20 bits per heavy atom. The van der Waals surface area contributed by atoms with Gasteiger partial charge in [0.1, 0.15) is 0 Å². The highest BCUT2D eigenvalue weighted by atomic mass is 16.5. The highest BCUT2D eigenvalue weighted by molar-refractivity contribution is 5.03. The van der Waals surface area contributed by atoms with Gasteiger partial charge in [-0.15, -0.1) is 0 Å². The Labute approximate surface area is 61.8 Å². The average Bonchev–Trinajstić information content (AvgIpc) is 1.87. The van der Waals surface area contributed by atoms with Gasteiger partial charge in [-0.1, -0.05) is 13.8 Å². The number of fused-ring (bicyclic) bond motifs is 2. The molecule has 2 atom stereocenters. The molecule has 0 amide bonds. The molecule has 10 heavy (non-hydrogen) atoms. The Bertz CT molecular complexity index is 153. The van der Waals surface area contributed by atoms with Crippen molar-refractivity contribution in [2.24, 2.45) is 11.3 Å². The lowest BCUT2D eigenvalue weighted by Gasteiger charge is -2.59. The zero-order chi connectivity index (χ0) is 7.35. The van der Waals surface area contributed by atoms with E-state index < -0.39 is 0 Å². The molecule has 2 nitrogen and oxygen atoms in total. The summed E-state index contributed by atoms with van der Waals surface area (Å²) in [4.78, 5) is 0. The standard InChI is InChI=1S/C8H15NO/c1-8(2)6-3-4-9(10)7(8)5-6/h6-7,10H,3-5H2,1-2H3. The largest absolute Gasteiger partial charge is 0.314 e. The second-order valence-electron chi connectivity index (χ2n) is 4.22. The van der Waals surface area contributed by atoms with Gasteiger partial charge in [-0.25, -0.2) is 0 Å². The van der Waals surface area contributed by atoms with Gasteiger partial charge in [0.2, 0.25) is 0 Å². The number of nitrogens with zero attached hydrogens (tertiary/aromatic N) is 1. The summed E-state index contributed by atoms with van der Waals surface area (Å²) in [5.74, 6) is 0.876. The van der Waals surface area contributed by atoms with E-state index in [-0.39, 0.29) is 0 Å². The third kappa shape index (κ3) is 0.611. The van der Waals surface area contributed by atoms with Crippen molar-refractivity contribution in [1.82, 2.24) is 5.06 Å². The van der Waals surface area contributed by atoms with Gasteiger partial charge in [-0.3, -0.25) is 0 Å². The highest BCUT2D eigenvalue weighted by Gasteiger charge is 2.53. The molecule has 1 saturated carbocycles. The van der Waals surface area contributed by atoms with Crippen molar-refractivity contribution in [2.75, 3.05) is 6.54 Å². The van der Waals surface area contributed by atoms with Crippen LogP contribution in [0, 0.1) is 11.3 Å². The fourth-order valence-corrected chi connectivity index (χ4v) is 2.43. The molecular weight excluding hydrogens is 126 g/mol. The van der Waals surface area contributed by atoms with Gasteiger partial charge in [0.25, 0.3) is 0 Å². The lowest BCUT2D eigenvalue weighted by Crippen LogP contribution is -2.62. The SMILES string of the molecule is CC1(C)C2CCN(O)C1C2. The van der Waals surface area contributed by atoms with Crippen LogP contribution in [0.5, 0.6) is 0 Å². The molecule has 58 valence electrons. The van der Waals surface area contributed by atoms with Crippen molar-refractivity contribution in [3.63, 3.8) is 0 Å².